The van der Waals surface area contributed by atoms with Crippen LogP contribution in [-0.2, 0) is 23.9 Å². The van der Waals surface area contributed by atoms with Crippen molar-refractivity contribution >= 4 is 17.6 Å². The zero-order valence-electron chi connectivity index (χ0n) is 14.2. The molecule has 0 aromatic carbocycles. The van der Waals surface area contributed by atoms with E-state index >= 15 is 0 Å². The molecular weight excluding hydrogens is 286 g/mol. The second-order valence-corrected chi connectivity index (χ2v) is 5.25. The van der Waals surface area contributed by atoms with Crippen LogP contribution in [0.1, 0.15) is 47.0 Å². The summed E-state index contributed by atoms with van der Waals surface area (Å²) < 4.78 is 10.4. The molecule has 1 aliphatic heterocycles. The Morgan fingerprint density at radius 1 is 1.14 bits per heavy atom. The predicted octanol–water partition coefficient (Wildman–Crippen LogP) is 1.81. The second kappa shape index (κ2) is 12.3. The van der Waals surface area contributed by atoms with Crippen molar-refractivity contribution in [2.75, 3.05) is 33.0 Å². The molecule has 2 amide bonds. The monoisotopic (exact) mass is 315 g/mol. The van der Waals surface area contributed by atoms with E-state index in [0.717, 1.165) is 0 Å². The molecule has 1 unspecified atom stereocenters. The van der Waals surface area contributed by atoms with Gasteiger partial charge in [-0.15, -0.1) is 0 Å². The minimum atomic E-state index is -0.212. The third-order valence-electron chi connectivity index (χ3n) is 2.96. The molecule has 0 N–H and O–H groups in total. The summed E-state index contributed by atoms with van der Waals surface area (Å²) in [5, 5.41) is 0. The maximum atomic E-state index is 11.6. The van der Waals surface area contributed by atoms with Gasteiger partial charge in [-0.3, -0.25) is 19.3 Å². The molecule has 1 fully saturated rings. The lowest BCUT2D eigenvalue weighted by molar-refractivity contribution is -0.140. The van der Waals surface area contributed by atoms with Crippen LogP contribution in [0.5, 0.6) is 0 Å². The van der Waals surface area contributed by atoms with Gasteiger partial charge < -0.3 is 9.47 Å². The number of rotatable bonds is 9. The summed E-state index contributed by atoms with van der Waals surface area (Å²) in [5.41, 5.74) is 0. The summed E-state index contributed by atoms with van der Waals surface area (Å²) >= 11 is 0. The minimum Gasteiger partial charge on any atom is -0.377 e. The lowest BCUT2D eigenvalue weighted by atomic mass is 10.1. The molecule has 0 spiro atoms. The van der Waals surface area contributed by atoms with Crippen molar-refractivity contribution < 1.29 is 23.9 Å². The molecule has 0 aliphatic carbocycles. The van der Waals surface area contributed by atoms with Crippen molar-refractivity contribution in [1.82, 2.24) is 4.90 Å². The van der Waals surface area contributed by atoms with Gasteiger partial charge in [0.05, 0.1) is 26.4 Å². The van der Waals surface area contributed by atoms with E-state index in [2.05, 4.69) is 13.8 Å². The number of ether oxygens (including phenoxy) is 2. The number of nitrogens with zero attached hydrogens (tertiary/aromatic N) is 1. The number of hydrogen-bond donors (Lipinski definition) is 0. The maximum absolute atomic E-state index is 11.6. The SMILES string of the molecule is CCC.CCC(=O)COCCOCCN1C(=O)CC(C)C1=O. The van der Waals surface area contributed by atoms with E-state index in [1.54, 1.807) is 13.8 Å². The smallest absolute Gasteiger partial charge is 0.232 e. The summed E-state index contributed by atoms with van der Waals surface area (Å²) in [7, 11) is 0. The summed E-state index contributed by atoms with van der Waals surface area (Å²) in [6.45, 7) is 9.17. The molecule has 1 atom stereocenters. The first-order valence-electron chi connectivity index (χ1n) is 7.99. The Hall–Kier alpha value is -1.27. The van der Waals surface area contributed by atoms with Crippen LogP contribution in [0, 0.1) is 5.92 Å². The molecule has 0 bridgehead atoms. The Balaban J connectivity index is 0.00000135. The van der Waals surface area contributed by atoms with Gasteiger partial charge in [0.25, 0.3) is 0 Å². The Bertz CT molecular complexity index is 356. The number of ketones is 1. The first-order chi connectivity index (χ1) is 10.5. The Kier molecular flexibility index (Phi) is 11.6. The number of amides is 2. The normalized spacial score (nSPS) is 17.5. The molecule has 1 rings (SSSR count). The molecular formula is C16H29NO5. The van der Waals surface area contributed by atoms with Crippen LogP contribution in [0.25, 0.3) is 0 Å². The van der Waals surface area contributed by atoms with Gasteiger partial charge in [0.2, 0.25) is 11.8 Å². The van der Waals surface area contributed by atoms with E-state index in [1.807, 2.05) is 0 Å². The average Bonchev–Trinajstić information content (AvgIpc) is 2.72. The van der Waals surface area contributed by atoms with E-state index in [-0.39, 0.29) is 36.7 Å². The highest BCUT2D eigenvalue weighted by molar-refractivity contribution is 6.03. The minimum absolute atomic E-state index is 0.0576. The fourth-order valence-corrected chi connectivity index (χ4v) is 1.75. The van der Waals surface area contributed by atoms with Crippen molar-refractivity contribution in [2.24, 2.45) is 5.92 Å². The lowest BCUT2D eigenvalue weighted by Gasteiger charge is -2.14. The van der Waals surface area contributed by atoms with Gasteiger partial charge in [-0.05, 0) is 0 Å². The van der Waals surface area contributed by atoms with Crippen LogP contribution in [0.3, 0.4) is 0 Å². The van der Waals surface area contributed by atoms with E-state index in [1.165, 1.54) is 11.3 Å². The highest BCUT2D eigenvalue weighted by atomic mass is 16.5. The van der Waals surface area contributed by atoms with Gasteiger partial charge in [0.1, 0.15) is 6.61 Å². The molecule has 6 heteroatoms. The summed E-state index contributed by atoms with van der Waals surface area (Å²) in [6, 6.07) is 0. The predicted molar refractivity (Wildman–Crippen MR) is 83.4 cm³/mol. The molecule has 22 heavy (non-hydrogen) atoms. The lowest BCUT2D eigenvalue weighted by Crippen LogP contribution is -2.33. The van der Waals surface area contributed by atoms with E-state index in [4.69, 9.17) is 9.47 Å². The number of imide groups is 1. The molecule has 0 aromatic rings. The molecule has 0 radical (unpaired) electrons. The van der Waals surface area contributed by atoms with Gasteiger partial charge in [-0.2, -0.15) is 0 Å². The van der Waals surface area contributed by atoms with Gasteiger partial charge >= 0.3 is 0 Å². The van der Waals surface area contributed by atoms with Gasteiger partial charge in [0, 0.05) is 18.8 Å². The molecule has 1 aliphatic rings. The fourth-order valence-electron chi connectivity index (χ4n) is 1.75. The van der Waals surface area contributed by atoms with Crippen LogP contribution in [0.2, 0.25) is 0 Å². The highest BCUT2D eigenvalue weighted by Crippen LogP contribution is 2.17. The van der Waals surface area contributed by atoms with Crippen LogP contribution in [-0.4, -0.2) is 55.5 Å². The molecule has 0 aromatic heterocycles. The average molecular weight is 315 g/mol. The third-order valence-corrected chi connectivity index (χ3v) is 2.96. The zero-order valence-corrected chi connectivity index (χ0v) is 14.2. The topological polar surface area (TPSA) is 72.9 Å². The number of carbonyl (C=O) groups is 3. The summed E-state index contributed by atoms with van der Waals surface area (Å²) in [5.74, 6) is -0.414. The number of likely N-dealkylation sites (tertiary alicyclic amines) is 1. The van der Waals surface area contributed by atoms with Gasteiger partial charge in [0.15, 0.2) is 5.78 Å². The summed E-state index contributed by atoms with van der Waals surface area (Å²) in [4.78, 5) is 35.2. The third kappa shape index (κ3) is 8.24. The van der Waals surface area contributed by atoms with Crippen LogP contribution >= 0.6 is 0 Å². The summed E-state index contributed by atoms with van der Waals surface area (Å²) in [6.07, 6.45) is 2.01. The van der Waals surface area contributed by atoms with Crippen molar-refractivity contribution in [1.29, 1.82) is 0 Å². The van der Waals surface area contributed by atoms with Crippen LogP contribution < -0.4 is 0 Å². The Morgan fingerprint density at radius 3 is 2.23 bits per heavy atom. The van der Waals surface area contributed by atoms with Crippen molar-refractivity contribution in [3.05, 3.63) is 0 Å². The molecule has 1 saturated heterocycles. The van der Waals surface area contributed by atoms with E-state index < -0.39 is 0 Å². The van der Waals surface area contributed by atoms with E-state index in [9.17, 15) is 14.4 Å². The van der Waals surface area contributed by atoms with Crippen molar-refractivity contribution in [3.8, 4) is 0 Å². The number of Topliss-reactive ketones (excluding diaryl/α,β-unsaturated/α-hetero) is 1. The zero-order chi connectivity index (χ0) is 17.0. The quantitative estimate of drug-likeness (QED) is 0.479. The van der Waals surface area contributed by atoms with Crippen molar-refractivity contribution in [2.45, 2.75) is 47.0 Å². The second-order valence-electron chi connectivity index (χ2n) is 5.25. The van der Waals surface area contributed by atoms with Crippen molar-refractivity contribution in [3.63, 3.8) is 0 Å². The van der Waals surface area contributed by atoms with Gasteiger partial charge in [-0.25, -0.2) is 0 Å². The standard InChI is InChI=1S/C13H21NO5.C3H8/c1-3-11(15)9-19-7-6-18-5-4-14-12(16)8-10(2)13(14)17;1-3-2/h10H,3-9H2,1-2H3;3H2,1-2H3. The maximum Gasteiger partial charge on any atom is 0.232 e. The molecule has 128 valence electrons. The fraction of sp³-hybridized carbons (Fsp3) is 0.812. The Labute approximate surface area is 133 Å². The van der Waals surface area contributed by atoms with Crippen LogP contribution in [0.4, 0.5) is 0 Å². The van der Waals surface area contributed by atoms with E-state index in [0.29, 0.717) is 32.7 Å². The first kappa shape index (κ1) is 20.7. The molecule has 0 saturated carbocycles. The molecule has 1 heterocycles. The Morgan fingerprint density at radius 2 is 1.73 bits per heavy atom. The highest BCUT2D eigenvalue weighted by Gasteiger charge is 2.34. The largest absolute Gasteiger partial charge is 0.377 e. The van der Waals surface area contributed by atoms with Crippen LogP contribution in [0.15, 0.2) is 0 Å². The van der Waals surface area contributed by atoms with Gasteiger partial charge in [-0.1, -0.05) is 34.1 Å². The number of hydrogen-bond acceptors (Lipinski definition) is 5. The number of carbonyl (C=O) groups excluding carboxylic acids is 3. The first-order valence-corrected chi connectivity index (χ1v) is 7.99. The molecule has 6 nitrogen and oxygen atoms in total.